The first-order valence-corrected chi connectivity index (χ1v) is 14.7. The van der Waals surface area contributed by atoms with Crippen molar-refractivity contribution >= 4 is 21.5 Å². The Morgan fingerprint density at radius 3 is 1.14 bits per heavy atom. The molecule has 0 radical (unpaired) electrons. The fraction of sp³-hybridized carbons (Fsp3) is 0. The van der Waals surface area contributed by atoms with Crippen molar-refractivity contribution in [3.8, 4) is 56.5 Å². The Morgan fingerprint density at radius 1 is 0.295 bits per heavy atom. The summed E-state index contributed by atoms with van der Waals surface area (Å²) in [6.45, 7) is 0. The van der Waals surface area contributed by atoms with Gasteiger partial charge in [-0.1, -0.05) is 140 Å². The third-order valence-corrected chi connectivity index (χ3v) is 7.98. The predicted octanol–water partition coefficient (Wildman–Crippen LogP) is 9.91. The fourth-order valence-electron chi connectivity index (χ4n) is 5.95. The summed E-state index contributed by atoms with van der Waals surface area (Å²) in [5, 5.41) is 4.75. The van der Waals surface area contributed by atoms with E-state index in [4.69, 9.17) is 19.9 Å². The van der Waals surface area contributed by atoms with Gasteiger partial charge in [-0.25, -0.2) is 15.0 Å². The van der Waals surface area contributed by atoms with Gasteiger partial charge in [0.1, 0.15) is 0 Å². The van der Waals surface area contributed by atoms with E-state index in [9.17, 15) is 0 Å². The first kappa shape index (κ1) is 25.7. The highest BCUT2D eigenvalue weighted by atomic mass is 15.0. The lowest BCUT2D eigenvalue weighted by Crippen LogP contribution is -2.00. The molecule has 206 valence electrons. The Bertz CT molecular complexity index is 2130. The van der Waals surface area contributed by atoms with Crippen molar-refractivity contribution in [1.29, 1.82) is 0 Å². The molecule has 4 nitrogen and oxygen atoms in total. The van der Waals surface area contributed by atoms with Crippen LogP contribution in [0.15, 0.2) is 158 Å². The number of nitrogens with zero attached hydrogens (tertiary/aromatic N) is 4. The molecule has 0 spiro atoms. The Morgan fingerprint density at radius 2 is 0.682 bits per heavy atom. The van der Waals surface area contributed by atoms with E-state index in [1.165, 1.54) is 27.1 Å². The standard InChI is InChI=1S/C40H26N4/c1-3-13-28(14-4-1)38-42-39(29-15-5-2-6-16-29)44-40(43-38)30-24-22-27(23-25-30)36-31-17-7-9-19-33(31)37(35-21-11-12-26-41-35)34-20-10-8-18-32(34)36/h1-26H. The molecule has 44 heavy (non-hydrogen) atoms. The molecule has 0 aliphatic rings. The maximum absolute atomic E-state index is 4.92. The minimum absolute atomic E-state index is 0.643. The number of aromatic nitrogens is 4. The molecule has 4 heteroatoms. The Balaban J connectivity index is 1.30. The monoisotopic (exact) mass is 562 g/mol. The van der Waals surface area contributed by atoms with Crippen molar-refractivity contribution in [3.05, 3.63) is 158 Å². The summed E-state index contributed by atoms with van der Waals surface area (Å²) in [7, 11) is 0. The molecule has 0 aliphatic heterocycles. The molecular weight excluding hydrogens is 536 g/mol. The first-order chi connectivity index (χ1) is 21.8. The van der Waals surface area contributed by atoms with Gasteiger partial charge in [-0.15, -0.1) is 0 Å². The number of pyridine rings is 1. The Hall–Kier alpha value is -6.00. The Labute approximate surface area is 255 Å². The molecule has 2 heterocycles. The zero-order chi connectivity index (χ0) is 29.3. The van der Waals surface area contributed by atoms with E-state index in [2.05, 4.69) is 78.9 Å². The average Bonchev–Trinajstić information content (AvgIpc) is 3.11. The molecule has 0 amide bonds. The fourth-order valence-corrected chi connectivity index (χ4v) is 5.95. The van der Waals surface area contributed by atoms with Crippen LogP contribution in [-0.4, -0.2) is 19.9 Å². The van der Waals surface area contributed by atoms with E-state index in [1.54, 1.807) is 0 Å². The summed E-state index contributed by atoms with van der Waals surface area (Å²) < 4.78 is 0. The Kier molecular flexibility index (Phi) is 6.43. The molecule has 0 fully saturated rings. The molecule has 0 saturated heterocycles. The summed E-state index contributed by atoms with van der Waals surface area (Å²) in [6.07, 6.45) is 1.86. The van der Waals surface area contributed by atoms with Crippen LogP contribution in [-0.2, 0) is 0 Å². The minimum Gasteiger partial charge on any atom is -0.256 e. The van der Waals surface area contributed by atoms with Gasteiger partial charge in [0.2, 0.25) is 0 Å². The molecule has 6 aromatic carbocycles. The minimum atomic E-state index is 0.643. The van der Waals surface area contributed by atoms with Crippen LogP contribution >= 0.6 is 0 Å². The molecule has 8 rings (SSSR count). The van der Waals surface area contributed by atoms with Crippen LogP contribution in [0, 0.1) is 0 Å². The van der Waals surface area contributed by atoms with Gasteiger partial charge in [-0.2, -0.15) is 0 Å². The number of rotatable bonds is 5. The van der Waals surface area contributed by atoms with Crippen molar-refractivity contribution in [2.75, 3.05) is 0 Å². The van der Waals surface area contributed by atoms with E-state index in [0.29, 0.717) is 17.5 Å². The molecule has 8 aromatic rings. The van der Waals surface area contributed by atoms with Crippen molar-refractivity contribution in [2.45, 2.75) is 0 Å². The van der Waals surface area contributed by atoms with Crippen molar-refractivity contribution in [2.24, 2.45) is 0 Å². The molecule has 0 N–H and O–H groups in total. The molecule has 0 atom stereocenters. The van der Waals surface area contributed by atoms with Gasteiger partial charge in [-0.05, 0) is 44.8 Å². The smallest absolute Gasteiger partial charge is 0.164 e. The van der Waals surface area contributed by atoms with E-state index >= 15 is 0 Å². The number of hydrogen-bond acceptors (Lipinski definition) is 4. The van der Waals surface area contributed by atoms with Crippen LogP contribution in [0.1, 0.15) is 0 Å². The zero-order valence-corrected chi connectivity index (χ0v) is 23.8. The summed E-state index contributed by atoms with van der Waals surface area (Å²) in [6, 6.07) is 52.1. The molecular formula is C40H26N4. The predicted molar refractivity (Wildman–Crippen MR) is 180 cm³/mol. The highest BCUT2D eigenvalue weighted by Crippen LogP contribution is 2.43. The normalized spacial score (nSPS) is 11.2. The van der Waals surface area contributed by atoms with E-state index in [1.807, 2.05) is 79.0 Å². The highest BCUT2D eigenvalue weighted by Gasteiger charge is 2.18. The SMILES string of the molecule is c1ccc(-c2nc(-c3ccccc3)nc(-c3ccc(-c4c5ccccc5c(-c5ccccn5)c5ccccc45)cc3)n2)cc1. The van der Waals surface area contributed by atoms with Gasteiger partial charge in [0, 0.05) is 28.5 Å². The lowest BCUT2D eigenvalue weighted by Gasteiger charge is -2.17. The topological polar surface area (TPSA) is 51.6 Å². The summed E-state index contributed by atoms with van der Waals surface area (Å²) in [5.41, 5.74) is 7.31. The van der Waals surface area contributed by atoms with Crippen LogP contribution < -0.4 is 0 Å². The molecule has 0 saturated carbocycles. The van der Waals surface area contributed by atoms with Crippen LogP contribution in [0.2, 0.25) is 0 Å². The van der Waals surface area contributed by atoms with Crippen LogP contribution in [0.4, 0.5) is 0 Å². The number of benzene rings is 6. The van der Waals surface area contributed by atoms with Gasteiger partial charge in [0.15, 0.2) is 17.5 Å². The van der Waals surface area contributed by atoms with Crippen LogP contribution in [0.25, 0.3) is 78.1 Å². The second-order valence-corrected chi connectivity index (χ2v) is 10.7. The largest absolute Gasteiger partial charge is 0.256 e. The second-order valence-electron chi connectivity index (χ2n) is 10.7. The quantitative estimate of drug-likeness (QED) is 0.196. The summed E-state index contributed by atoms with van der Waals surface area (Å²) in [5.74, 6) is 1.95. The maximum atomic E-state index is 4.92. The zero-order valence-electron chi connectivity index (χ0n) is 23.8. The van der Waals surface area contributed by atoms with Gasteiger partial charge in [-0.3, -0.25) is 4.98 Å². The lowest BCUT2D eigenvalue weighted by molar-refractivity contribution is 1.07. The third kappa shape index (κ3) is 4.59. The first-order valence-electron chi connectivity index (χ1n) is 14.7. The highest BCUT2D eigenvalue weighted by molar-refractivity contribution is 6.21. The van der Waals surface area contributed by atoms with E-state index < -0.39 is 0 Å². The summed E-state index contributed by atoms with van der Waals surface area (Å²) in [4.78, 5) is 19.4. The van der Waals surface area contributed by atoms with Gasteiger partial charge >= 0.3 is 0 Å². The number of fused-ring (bicyclic) bond motifs is 2. The van der Waals surface area contributed by atoms with Crippen molar-refractivity contribution in [3.63, 3.8) is 0 Å². The van der Waals surface area contributed by atoms with Crippen molar-refractivity contribution < 1.29 is 0 Å². The average molecular weight is 563 g/mol. The third-order valence-electron chi connectivity index (χ3n) is 7.98. The maximum Gasteiger partial charge on any atom is 0.164 e. The van der Waals surface area contributed by atoms with Crippen molar-refractivity contribution in [1.82, 2.24) is 19.9 Å². The van der Waals surface area contributed by atoms with Crippen LogP contribution in [0.3, 0.4) is 0 Å². The molecule has 0 unspecified atom stereocenters. The number of hydrogen-bond donors (Lipinski definition) is 0. The molecule has 0 aliphatic carbocycles. The second kappa shape index (κ2) is 11.0. The van der Waals surface area contributed by atoms with Crippen LogP contribution in [0.5, 0.6) is 0 Å². The van der Waals surface area contributed by atoms with E-state index in [0.717, 1.165) is 33.5 Å². The van der Waals surface area contributed by atoms with Gasteiger partial charge in [0.25, 0.3) is 0 Å². The molecule has 2 aromatic heterocycles. The summed E-state index contributed by atoms with van der Waals surface area (Å²) >= 11 is 0. The van der Waals surface area contributed by atoms with E-state index in [-0.39, 0.29) is 0 Å². The lowest BCUT2D eigenvalue weighted by atomic mass is 9.87. The van der Waals surface area contributed by atoms with Gasteiger partial charge in [0.05, 0.1) is 5.69 Å². The van der Waals surface area contributed by atoms with Gasteiger partial charge < -0.3 is 0 Å². The molecule has 0 bridgehead atoms.